The second-order valence-corrected chi connectivity index (χ2v) is 13.4. The second kappa shape index (κ2) is 15.0. The fourth-order valence-corrected chi connectivity index (χ4v) is 7.53. The summed E-state index contributed by atoms with van der Waals surface area (Å²) in [6.45, 7) is 4.19. The largest absolute Gasteiger partial charge is 0.379 e. The van der Waals surface area contributed by atoms with Gasteiger partial charge in [0.25, 0.3) is 0 Å². The Bertz CT molecular complexity index is 1200. The average Bonchev–Trinajstić information content (AvgIpc) is 2.96. The van der Waals surface area contributed by atoms with Crippen molar-refractivity contribution in [1.29, 1.82) is 0 Å². The zero-order valence-corrected chi connectivity index (χ0v) is 25.3. The van der Waals surface area contributed by atoms with Crippen LogP contribution in [0.25, 0.3) is 0 Å². The molecule has 220 valence electrons. The lowest BCUT2D eigenvalue weighted by molar-refractivity contribution is -0.126. The molecule has 1 aliphatic heterocycles. The summed E-state index contributed by atoms with van der Waals surface area (Å²) in [5.74, 6) is 0.845. The number of sulfonamides is 1. The molecular weight excluding hydrogens is 573 g/mol. The van der Waals surface area contributed by atoms with Crippen LogP contribution in [0.4, 0.5) is 0 Å². The number of benzene rings is 2. The van der Waals surface area contributed by atoms with Crippen molar-refractivity contribution in [2.75, 3.05) is 59.7 Å². The molecule has 2 fully saturated rings. The molecule has 1 N–H and O–H groups in total. The number of likely N-dealkylation sites (N-methyl/N-ethyl adjacent to an activating group) is 1. The third-order valence-electron chi connectivity index (χ3n) is 7.87. The van der Waals surface area contributed by atoms with Gasteiger partial charge >= 0.3 is 0 Å². The summed E-state index contributed by atoms with van der Waals surface area (Å²) in [6.07, 6.45) is 4.42. The number of halogens is 2. The van der Waals surface area contributed by atoms with Crippen LogP contribution in [-0.2, 0) is 24.3 Å². The Morgan fingerprint density at radius 1 is 1.10 bits per heavy atom. The van der Waals surface area contributed by atoms with Crippen molar-refractivity contribution >= 4 is 39.1 Å². The van der Waals surface area contributed by atoms with E-state index in [9.17, 15) is 13.2 Å². The first-order chi connectivity index (χ1) is 19.3. The number of carbonyl (C=O) groups excluding carboxylic acids is 1. The quantitative estimate of drug-likeness (QED) is 0.352. The predicted octanol–water partition coefficient (Wildman–Crippen LogP) is 4.63. The highest BCUT2D eigenvalue weighted by Crippen LogP contribution is 2.40. The maximum absolute atomic E-state index is 12.8. The number of morpholine rings is 1. The van der Waals surface area contributed by atoms with Gasteiger partial charge in [0.2, 0.25) is 15.9 Å². The normalized spacial score (nSPS) is 21.3. The SMILES string of the molecule is CN(CCOCC(=O)NCC1CCC(C(c2ccccc2)N2CCOCC2)CC1)S(=O)(=O)c1ccc(Cl)cc1Cl. The fraction of sp³-hybridized carbons (Fsp3) is 0.552. The van der Waals surface area contributed by atoms with Gasteiger partial charge in [-0.05, 0) is 61.3 Å². The van der Waals surface area contributed by atoms with Gasteiger partial charge in [-0.2, -0.15) is 4.31 Å². The zero-order chi connectivity index (χ0) is 28.5. The van der Waals surface area contributed by atoms with E-state index in [1.54, 1.807) is 0 Å². The molecule has 8 nitrogen and oxygen atoms in total. The van der Waals surface area contributed by atoms with Crippen molar-refractivity contribution in [2.24, 2.45) is 11.8 Å². The summed E-state index contributed by atoms with van der Waals surface area (Å²) in [6, 6.07) is 15.5. The minimum Gasteiger partial charge on any atom is -0.379 e. The van der Waals surface area contributed by atoms with Crippen LogP contribution in [0.3, 0.4) is 0 Å². The average molecular weight is 613 g/mol. The molecule has 1 heterocycles. The standard InChI is InChI=1S/C29H39Cl2N3O5S/c1-33(40(36,37)27-12-11-25(30)19-26(27)31)13-16-39-21-28(35)32-20-22-7-9-24(10-8-22)29(23-5-3-2-4-6-23)34-14-17-38-18-15-34/h2-6,11-12,19,22,24,29H,7-10,13-18,20-21H2,1H3,(H,32,35). The van der Waals surface area contributed by atoms with Gasteiger partial charge in [-0.1, -0.05) is 53.5 Å². The molecule has 1 amide bonds. The molecule has 40 heavy (non-hydrogen) atoms. The topological polar surface area (TPSA) is 88.2 Å². The molecule has 11 heteroatoms. The molecule has 4 rings (SSSR count). The van der Waals surface area contributed by atoms with Crippen molar-refractivity contribution in [3.63, 3.8) is 0 Å². The number of hydrogen-bond acceptors (Lipinski definition) is 6. The van der Waals surface area contributed by atoms with Gasteiger partial charge in [0, 0.05) is 44.3 Å². The fourth-order valence-electron chi connectivity index (χ4n) is 5.63. The highest BCUT2D eigenvalue weighted by Gasteiger charge is 2.33. The summed E-state index contributed by atoms with van der Waals surface area (Å²) in [4.78, 5) is 14.9. The third kappa shape index (κ3) is 8.41. The van der Waals surface area contributed by atoms with Crippen molar-refractivity contribution in [3.05, 3.63) is 64.1 Å². The molecule has 1 unspecified atom stereocenters. The van der Waals surface area contributed by atoms with Gasteiger partial charge < -0.3 is 14.8 Å². The first-order valence-electron chi connectivity index (χ1n) is 13.9. The van der Waals surface area contributed by atoms with Gasteiger partial charge in [-0.3, -0.25) is 9.69 Å². The van der Waals surface area contributed by atoms with Crippen LogP contribution in [0.2, 0.25) is 10.0 Å². The molecule has 1 aliphatic carbocycles. The number of amides is 1. The van der Waals surface area contributed by atoms with Gasteiger partial charge in [0.15, 0.2) is 0 Å². The van der Waals surface area contributed by atoms with E-state index in [1.807, 2.05) is 0 Å². The summed E-state index contributed by atoms with van der Waals surface area (Å²) in [5.41, 5.74) is 1.38. The van der Waals surface area contributed by atoms with Crippen LogP contribution in [0.5, 0.6) is 0 Å². The van der Waals surface area contributed by atoms with E-state index in [-0.39, 0.29) is 35.6 Å². The Morgan fingerprint density at radius 2 is 1.80 bits per heavy atom. The molecular formula is C29H39Cl2N3O5S. The summed E-state index contributed by atoms with van der Waals surface area (Å²) >= 11 is 11.9. The monoisotopic (exact) mass is 611 g/mol. The Hall–Kier alpha value is -1.72. The van der Waals surface area contributed by atoms with Crippen LogP contribution in [0, 0.1) is 11.8 Å². The zero-order valence-electron chi connectivity index (χ0n) is 22.9. The van der Waals surface area contributed by atoms with Gasteiger partial charge in [0.05, 0.1) is 24.8 Å². The summed E-state index contributed by atoms with van der Waals surface area (Å²) < 4.78 is 37.7. The molecule has 2 aromatic rings. The Balaban J connectivity index is 1.17. The van der Waals surface area contributed by atoms with E-state index in [2.05, 4.69) is 40.5 Å². The molecule has 2 aliphatic rings. The van der Waals surface area contributed by atoms with Gasteiger partial charge in [-0.15, -0.1) is 0 Å². The minimum absolute atomic E-state index is 0.0198. The number of nitrogens with one attached hydrogen (secondary N) is 1. The number of nitrogens with zero attached hydrogens (tertiary/aromatic N) is 2. The molecule has 1 saturated carbocycles. The highest BCUT2D eigenvalue weighted by atomic mass is 35.5. The molecule has 1 saturated heterocycles. The molecule has 0 bridgehead atoms. The van der Waals surface area contributed by atoms with E-state index in [0.29, 0.717) is 29.4 Å². The molecule has 2 aromatic carbocycles. The lowest BCUT2D eigenvalue weighted by atomic mass is 9.76. The van der Waals surface area contributed by atoms with Crippen LogP contribution in [0.1, 0.15) is 37.3 Å². The Kier molecular flexibility index (Phi) is 11.7. The number of hydrogen-bond donors (Lipinski definition) is 1. The first kappa shape index (κ1) is 31.2. The van der Waals surface area contributed by atoms with Crippen molar-refractivity contribution in [2.45, 2.75) is 36.6 Å². The first-order valence-corrected chi connectivity index (χ1v) is 16.1. The van der Waals surface area contributed by atoms with E-state index >= 15 is 0 Å². The van der Waals surface area contributed by atoms with Crippen LogP contribution in [0.15, 0.2) is 53.4 Å². The van der Waals surface area contributed by atoms with Crippen molar-refractivity contribution in [3.8, 4) is 0 Å². The summed E-state index contributed by atoms with van der Waals surface area (Å²) in [5, 5.41) is 3.42. The van der Waals surface area contributed by atoms with E-state index < -0.39 is 10.0 Å². The maximum atomic E-state index is 12.8. The molecule has 1 atom stereocenters. The smallest absolute Gasteiger partial charge is 0.246 e. The lowest BCUT2D eigenvalue weighted by Gasteiger charge is -2.42. The van der Waals surface area contributed by atoms with Crippen molar-refractivity contribution < 1.29 is 22.7 Å². The van der Waals surface area contributed by atoms with Gasteiger partial charge in [-0.25, -0.2) is 8.42 Å². The number of rotatable bonds is 12. The molecule has 0 aromatic heterocycles. The lowest BCUT2D eigenvalue weighted by Crippen LogP contribution is -2.43. The van der Waals surface area contributed by atoms with E-state index in [1.165, 1.54) is 30.8 Å². The van der Waals surface area contributed by atoms with E-state index in [4.69, 9.17) is 32.7 Å². The van der Waals surface area contributed by atoms with Crippen molar-refractivity contribution in [1.82, 2.24) is 14.5 Å². The minimum atomic E-state index is -3.79. The molecule has 0 radical (unpaired) electrons. The van der Waals surface area contributed by atoms with Gasteiger partial charge in [0.1, 0.15) is 11.5 Å². The Morgan fingerprint density at radius 3 is 2.48 bits per heavy atom. The Labute approximate surface area is 248 Å². The predicted molar refractivity (Wildman–Crippen MR) is 157 cm³/mol. The third-order valence-corrected chi connectivity index (χ3v) is 10.4. The highest BCUT2D eigenvalue weighted by molar-refractivity contribution is 7.89. The molecule has 0 spiro atoms. The van der Waals surface area contributed by atoms with Crippen LogP contribution in [-0.4, -0.2) is 83.2 Å². The van der Waals surface area contributed by atoms with E-state index in [0.717, 1.165) is 56.3 Å². The number of carbonyl (C=O) groups is 1. The van der Waals surface area contributed by atoms with Crippen LogP contribution < -0.4 is 5.32 Å². The van der Waals surface area contributed by atoms with Crippen LogP contribution >= 0.6 is 23.2 Å². The number of ether oxygens (including phenoxy) is 2. The summed E-state index contributed by atoms with van der Waals surface area (Å²) in [7, 11) is -2.35. The maximum Gasteiger partial charge on any atom is 0.246 e. The second-order valence-electron chi connectivity index (χ2n) is 10.5.